The van der Waals surface area contributed by atoms with Crippen molar-refractivity contribution in [2.24, 2.45) is 0 Å². The van der Waals surface area contributed by atoms with Crippen LogP contribution in [0.4, 0.5) is 0 Å². The van der Waals surface area contributed by atoms with Gasteiger partial charge in [0.1, 0.15) is 0 Å². The molecule has 0 saturated heterocycles. The van der Waals surface area contributed by atoms with Crippen molar-refractivity contribution >= 4 is 119 Å². The van der Waals surface area contributed by atoms with Crippen LogP contribution in [0.3, 0.4) is 0 Å². The predicted molar refractivity (Wildman–Crippen MR) is 276 cm³/mol. The first-order chi connectivity index (χ1) is 31.3. The summed E-state index contributed by atoms with van der Waals surface area (Å²) >= 11 is 0. The standard InChI is InChI=1S/C62H40N2/c1-33-13-19-55-43(21-33)51-23-35(3)25-53-45-29-47-49(31-57(45)63(55)61(51)53)59(41-17-15-37-9-5-7-11-39(37)27-41)48-30-46-54-26-36(4)24-52-44-22-34(2)14-20-56(44)64(62(52)54)58(46)32-50(48)60(47)42-18-16-38-10-6-8-12-40(38)28-42/h5-32H,1-4H3. The van der Waals surface area contributed by atoms with Crippen molar-refractivity contribution in [2.45, 2.75) is 27.7 Å². The lowest BCUT2D eigenvalue weighted by Crippen LogP contribution is -1.93. The summed E-state index contributed by atoms with van der Waals surface area (Å²) in [7, 11) is 0. The molecule has 0 amide bonds. The Morgan fingerprint density at radius 3 is 1.03 bits per heavy atom. The van der Waals surface area contributed by atoms with Crippen LogP contribution in [-0.2, 0) is 0 Å². The highest BCUT2D eigenvalue weighted by molar-refractivity contribution is 6.32. The molecule has 15 rings (SSSR count). The Morgan fingerprint density at radius 1 is 0.250 bits per heavy atom. The van der Waals surface area contributed by atoms with E-state index in [0.29, 0.717) is 0 Å². The number of hydrogen-bond donors (Lipinski definition) is 0. The highest BCUT2D eigenvalue weighted by Crippen LogP contribution is 2.51. The van der Waals surface area contributed by atoms with E-state index in [1.54, 1.807) is 0 Å². The number of fused-ring (bicyclic) bond motifs is 16. The Balaban J connectivity index is 1.21. The molecule has 0 saturated carbocycles. The average Bonchev–Trinajstić information content (AvgIpc) is 4.01. The first-order valence-electron chi connectivity index (χ1n) is 22.6. The normalized spacial score (nSPS) is 12.7. The molecule has 0 aliphatic heterocycles. The Hall–Kier alpha value is -7.94. The lowest BCUT2D eigenvalue weighted by Gasteiger charge is -2.19. The summed E-state index contributed by atoms with van der Waals surface area (Å²) in [5, 5.41) is 20.6. The van der Waals surface area contributed by atoms with Crippen molar-refractivity contribution < 1.29 is 0 Å². The topological polar surface area (TPSA) is 8.82 Å². The maximum Gasteiger partial charge on any atom is 0.0620 e. The monoisotopic (exact) mass is 812 g/mol. The van der Waals surface area contributed by atoms with Gasteiger partial charge in [0.2, 0.25) is 0 Å². The van der Waals surface area contributed by atoms with E-state index in [1.165, 1.54) is 164 Å². The molecule has 15 aromatic rings. The summed E-state index contributed by atoms with van der Waals surface area (Å²) in [4.78, 5) is 0. The van der Waals surface area contributed by atoms with Crippen LogP contribution in [0.15, 0.2) is 170 Å². The van der Waals surface area contributed by atoms with Gasteiger partial charge in [-0.05, 0) is 189 Å². The zero-order chi connectivity index (χ0) is 42.3. The molecule has 0 fully saturated rings. The Bertz CT molecular complexity index is 4280. The van der Waals surface area contributed by atoms with Gasteiger partial charge in [0.15, 0.2) is 0 Å². The lowest BCUT2D eigenvalue weighted by molar-refractivity contribution is 1.36. The van der Waals surface area contributed by atoms with E-state index < -0.39 is 0 Å². The zero-order valence-corrected chi connectivity index (χ0v) is 36.1. The van der Waals surface area contributed by atoms with Crippen LogP contribution in [-0.4, -0.2) is 8.80 Å². The van der Waals surface area contributed by atoms with E-state index in [2.05, 4.69) is 206 Å². The minimum Gasteiger partial charge on any atom is -0.308 e. The van der Waals surface area contributed by atoms with E-state index in [-0.39, 0.29) is 0 Å². The van der Waals surface area contributed by atoms with Crippen LogP contribution in [0.1, 0.15) is 22.3 Å². The summed E-state index contributed by atoms with van der Waals surface area (Å²) in [5.74, 6) is 0. The second-order valence-corrected chi connectivity index (χ2v) is 18.8. The van der Waals surface area contributed by atoms with Gasteiger partial charge in [-0.3, -0.25) is 0 Å². The highest BCUT2D eigenvalue weighted by atomic mass is 14.9. The average molecular weight is 813 g/mol. The van der Waals surface area contributed by atoms with Crippen LogP contribution in [0.5, 0.6) is 0 Å². The molecule has 0 spiro atoms. The molecule has 0 radical (unpaired) electrons. The molecular weight excluding hydrogens is 773 g/mol. The van der Waals surface area contributed by atoms with Crippen molar-refractivity contribution in [3.63, 3.8) is 0 Å². The zero-order valence-electron chi connectivity index (χ0n) is 36.1. The number of benzene rings is 11. The van der Waals surface area contributed by atoms with Crippen LogP contribution in [0.2, 0.25) is 0 Å². The van der Waals surface area contributed by atoms with Crippen molar-refractivity contribution in [2.75, 3.05) is 0 Å². The van der Waals surface area contributed by atoms with Crippen molar-refractivity contribution in [1.29, 1.82) is 0 Å². The molecule has 0 aliphatic rings. The third-order valence-corrected chi connectivity index (χ3v) is 14.8. The molecule has 4 heterocycles. The summed E-state index contributed by atoms with van der Waals surface area (Å²) in [5.41, 5.74) is 17.8. The van der Waals surface area contributed by atoms with Crippen LogP contribution in [0.25, 0.3) is 142 Å². The minimum absolute atomic E-state index is 1.23. The summed E-state index contributed by atoms with van der Waals surface area (Å²) in [6, 6.07) is 65.6. The second-order valence-electron chi connectivity index (χ2n) is 18.8. The summed E-state index contributed by atoms with van der Waals surface area (Å²) in [6.45, 7) is 8.92. The Morgan fingerprint density at radius 2 is 0.609 bits per heavy atom. The number of rotatable bonds is 2. The molecule has 0 aliphatic carbocycles. The third kappa shape index (κ3) is 4.40. The second kappa shape index (κ2) is 11.9. The fourth-order valence-corrected chi connectivity index (χ4v) is 12.1. The highest BCUT2D eigenvalue weighted by Gasteiger charge is 2.26. The largest absolute Gasteiger partial charge is 0.308 e. The summed E-state index contributed by atoms with van der Waals surface area (Å²) in [6.07, 6.45) is 0. The lowest BCUT2D eigenvalue weighted by atomic mass is 9.84. The molecule has 0 atom stereocenters. The number of hydrogen-bond acceptors (Lipinski definition) is 0. The van der Waals surface area contributed by atoms with Gasteiger partial charge >= 0.3 is 0 Å². The first-order valence-corrected chi connectivity index (χ1v) is 22.6. The predicted octanol–water partition coefficient (Wildman–Crippen LogP) is 17.2. The third-order valence-electron chi connectivity index (χ3n) is 14.8. The molecule has 0 N–H and O–H groups in total. The smallest absolute Gasteiger partial charge is 0.0620 e. The SMILES string of the molecule is Cc1ccc2c(c1)c1cc(C)cc3c4cc5c(-c6ccc7ccccc7c6)c6cc7c(cc6c(-c6ccc8ccccc8c6)c5cc4n2c13)c1cc(C)cc2c3cc(C)ccc3n7c21. The molecule has 11 aromatic carbocycles. The number of aryl methyl sites for hydroxylation is 4. The molecular formula is C62H40N2. The van der Waals surface area contributed by atoms with Gasteiger partial charge in [0.05, 0.1) is 33.1 Å². The van der Waals surface area contributed by atoms with Crippen molar-refractivity contribution in [3.05, 3.63) is 192 Å². The molecule has 298 valence electrons. The molecule has 0 bridgehead atoms. The maximum atomic E-state index is 2.56. The van der Waals surface area contributed by atoms with Gasteiger partial charge in [0, 0.05) is 43.1 Å². The minimum atomic E-state index is 1.23. The van der Waals surface area contributed by atoms with Gasteiger partial charge in [-0.1, -0.05) is 96.1 Å². The van der Waals surface area contributed by atoms with Crippen LogP contribution in [0, 0.1) is 27.7 Å². The Labute approximate surface area is 368 Å². The molecule has 4 aromatic heterocycles. The van der Waals surface area contributed by atoms with Crippen molar-refractivity contribution in [3.8, 4) is 22.3 Å². The number of nitrogens with zero attached hydrogens (tertiary/aromatic N) is 2. The van der Waals surface area contributed by atoms with Gasteiger partial charge in [0.25, 0.3) is 0 Å². The van der Waals surface area contributed by atoms with Gasteiger partial charge in [-0.15, -0.1) is 0 Å². The van der Waals surface area contributed by atoms with Gasteiger partial charge < -0.3 is 8.80 Å². The van der Waals surface area contributed by atoms with Crippen LogP contribution < -0.4 is 0 Å². The summed E-state index contributed by atoms with van der Waals surface area (Å²) < 4.78 is 5.12. The molecule has 2 nitrogen and oxygen atoms in total. The molecule has 64 heavy (non-hydrogen) atoms. The van der Waals surface area contributed by atoms with Crippen molar-refractivity contribution in [1.82, 2.24) is 8.80 Å². The van der Waals surface area contributed by atoms with E-state index in [9.17, 15) is 0 Å². The van der Waals surface area contributed by atoms with E-state index in [0.717, 1.165) is 0 Å². The van der Waals surface area contributed by atoms with Gasteiger partial charge in [-0.25, -0.2) is 0 Å². The fraction of sp³-hybridized carbons (Fsp3) is 0.0645. The molecule has 0 unspecified atom stereocenters. The van der Waals surface area contributed by atoms with Crippen LogP contribution >= 0.6 is 0 Å². The Kier molecular flexibility index (Phi) is 6.46. The maximum absolute atomic E-state index is 2.56. The fourth-order valence-electron chi connectivity index (χ4n) is 12.1. The van der Waals surface area contributed by atoms with E-state index in [1.807, 2.05) is 0 Å². The molecule has 2 heteroatoms. The van der Waals surface area contributed by atoms with E-state index in [4.69, 9.17) is 0 Å². The first kappa shape index (κ1) is 34.6. The number of aromatic nitrogens is 2. The van der Waals surface area contributed by atoms with E-state index >= 15 is 0 Å². The quantitative estimate of drug-likeness (QED) is 0.154. The van der Waals surface area contributed by atoms with Gasteiger partial charge in [-0.2, -0.15) is 0 Å².